The van der Waals surface area contributed by atoms with Gasteiger partial charge in [-0.25, -0.2) is 4.90 Å². The van der Waals surface area contributed by atoms with Crippen LogP contribution in [-0.2, 0) is 22.7 Å². The Hall–Kier alpha value is -3.08. The number of amides is 2. The van der Waals surface area contributed by atoms with Gasteiger partial charge < -0.3 is 4.90 Å². The van der Waals surface area contributed by atoms with Crippen molar-refractivity contribution in [1.29, 1.82) is 0 Å². The van der Waals surface area contributed by atoms with Gasteiger partial charge in [-0.05, 0) is 35.4 Å². The number of imide groups is 1. The molecule has 1 aliphatic rings. The summed E-state index contributed by atoms with van der Waals surface area (Å²) in [6, 6.07) is 26.1. The van der Waals surface area contributed by atoms with Crippen molar-refractivity contribution in [1.82, 2.24) is 4.90 Å². The molecule has 2 amide bonds. The molecule has 0 spiro atoms. The van der Waals surface area contributed by atoms with Crippen LogP contribution in [0.3, 0.4) is 0 Å². The molecule has 0 saturated carbocycles. The van der Waals surface area contributed by atoms with Gasteiger partial charge in [-0.1, -0.05) is 83.9 Å². The minimum absolute atomic E-state index is 0.0817. The number of carbonyl (C=O) groups is 2. The van der Waals surface area contributed by atoms with Crippen molar-refractivity contribution in [3.8, 4) is 0 Å². The van der Waals surface area contributed by atoms with Crippen LogP contribution in [0.4, 0.5) is 5.69 Å². The maximum absolute atomic E-state index is 13.3. The molecule has 0 unspecified atom stereocenters. The molecule has 4 rings (SSSR count). The summed E-state index contributed by atoms with van der Waals surface area (Å²) >= 11 is 12.4. The van der Waals surface area contributed by atoms with E-state index in [1.54, 1.807) is 24.3 Å². The van der Waals surface area contributed by atoms with E-state index in [1.807, 2.05) is 65.6 Å². The van der Waals surface area contributed by atoms with Crippen molar-refractivity contribution in [3.05, 3.63) is 112 Å². The lowest BCUT2D eigenvalue weighted by atomic mass is 10.1. The summed E-state index contributed by atoms with van der Waals surface area (Å²) in [5.74, 6) is -0.982. The van der Waals surface area contributed by atoms with Crippen molar-refractivity contribution < 1.29 is 9.59 Å². The fraction of sp³-hybridized carbons (Fsp3) is 0.0833. The van der Waals surface area contributed by atoms with E-state index in [9.17, 15) is 9.59 Å². The largest absolute Gasteiger partial charge is 0.357 e. The number of carbonyl (C=O) groups excluding carboxylic acids is 2. The van der Waals surface area contributed by atoms with Gasteiger partial charge in [0.1, 0.15) is 10.7 Å². The van der Waals surface area contributed by atoms with Crippen molar-refractivity contribution in [3.63, 3.8) is 0 Å². The second-order valence-corrected chi connectivity index (χ2v) is 7.73. The average molecular weight is 437 g/mol. The summed E-state index contributed by atoms with van der Waals surface area (Å²) in [4.78, 5) is 29.1. The van der Waals surface area contributed by atoms with Crippen LogP contribution in [-0.4, -0.2) is 16.7 Å². The quantitative estimate of drug-likeness (QED) is 0.487. The lowest BCUT2D eigenvalue weighted by molar-refractivity contribution is -0.121. The molecule has 0 N–H and O–H groups in total. The van der Waals surface area contributed by atoms with E-state index in [2.05, 4.69) is 0 Å². The molecule has 0 radical (unpaired) electrons. The van der Waals surface area contributed by atoms with E-state index in [0.717, 1.165) is 16.0 Å². The van der Waals surface area contributed by atoms with Crippen molar-refractivity contribution in [2.75, 3.05) is 4.90 Å². The number of hydrogen-bond acceptors (Lipinski definition) is 3. The highest BCUT2D eigenvalue weighted by Gasteiger charge is 2.41. The Morgan fingerprint density at radius 3 is 1.67 bits per heavy atom. The van der Waals surface area contributed by atoms with Crippen LogP contribution in [0, 0.1) is 0 Å². The van der Waals surface area contributed by atoms with Gasteiger partial charge in [0, 0.05) is 18.1 Å². The lowest BCUT2D eigenvalue weighted by Gasteiger charge is -2.26. The second kappa shape index (κ2) is 8.74. The molecule has 3 aromatic carbocycles. The number of hydrogen-bond donors (Lipinski definition) is 0. The summed E-state index contributed by atoms with van der Waals surface area (Å²) in [6.45, 7) is 0.879. The SMILES string of the molecule is O=C1C(Cl)=C(N(Cc2ccccc2)Cc2ccccc2)C(=O)N1c1ccc(Cl)cc1. The zero-order chi connectivity index (χ0) is 21.1. The van der Waals surface area contributed by atoms with Crippen molar-refractivity contribution in [2.45, 2.75) is 13.1 Å². The molecular weight excluding hydrogens is 419 g/mol. The molecule has 1 heterocycles. The predicted molar refractivity (Wildman–Crippen MR) is 119 cm³/mol. The summed E-state index contributed by atoms with van der Waals surface area (Å²) in [5, 5.41) is 0.439. The lowest BCUT2D eigenvalue weighted by Crippen LogP contribution is -2.35. The van der Waals surface area contributed by atoms with Crippen LogP contribution >= 0.6 is 23.2 Å². The normalized spacial score (nSPS) is 13.9. The Bertz CT molecular complexity index is 1060. The molecule has 4 nitrogen and oxygen atoms in total. The fourth-order valence-corrected chi connectivity index (χ4v) is 3.82. The highest BCUT2D eigenvalue weighted by Crippen LogP contribution is 2.33. The molecule has 30 heavy (non-hydrogen) atoms. The minimum Gasteiger partial charge on any atom is -0.357 e. The average Bonchev–Trinajstić information content (AvgIpc) is 2.98. The summed E-state index contributed by atoms with van der Waals surface area (Å²) in [6.07, 6.45) is 0. The molecule has 150 valence electrons. The Morgan fingerprint density at radius 1 is 0.667 bits per heavy atom. The Morgan fingerprint density at radius 2 is 1.17 bits per heavy atom. The maximum atomic E-state index is 13.3. The summed E-state index contributed by atoms with van der Waals surface area (Å²) < 4.78 is 0. The van der Waals surface area contributed by atoms with Gasteiger partial charge in [-0.2, -0.15) is 0 Å². The zero-order valence-electron chi connectivity index (χ0n) is 16.0. The van der Waals surface area contributed by atoms with E-state index in [0.29, 0.717) is 23.8 Å². The first-order valence-electron chi connectivity index (χ1n) is 9.41. The molecule has 6 heteroatoms. The summed E-state index contributed by atoms with van der Waals surface area (Å²) in [5.41, 5.74) is 2.65. The Balaban J connectivity index is 1.70. The van der Waals surface area contributed by atoms with Crippen molar-refractivity contribution in [2.24, 2.45) is 0 Å². The molecule has 0 atom stereocenters. The highest BCUT2D eigenvalue weighted by molar-refractivity contribution is 6.52. The van der Waals surface area contributed by atoms with Crippen LogP contribution in [0.25, 0.3) is 0 Å². The van der Waals surface area contributed by atoms with E-state index in [4.69, 9.17) is 23.2 Å². The number of halogens is 2. The molecule has 0 saturated heterocycles. The smallest absolute Gasteiger partial charge is 0.283 e. The van der Waals surface area contributed by atoms with Crippen LogP contribution in [0.1, 0.15) is 11.1 Å². The zero-order valence-corrected chi connectivity index (χ0v) is 17.5. The number of rotatable bonds is 6. The first kappa shape index (κ1) is 20.2. The van der Waals surface area contributed by atoms with Crippen LogP contribution < -0.4 is 4.90 Å². The van der Waals surface area contributed by atoms with Gasteiger partial charge in [0.15, 0.2) is 0 Å². The molecule has 1 aliphatic heterocycles. The van der Waals surface area contributed by atoms with Crippen LogP contribution in [0.2, 0.25) is 5.02 Å². The van der Waals surface area contributed by atoms with Gasteiger partial charge in [0.25, 0.3) is 11.8 Å². The van der Waals surface area contributed by atoms with E-state index in [1.165, 1.54) is 0 Å². The Kier molecular flexibility index (Phi) is 5.88. The highest BCUT2D eigenvalue weighted by atomic mass is 35.5. The second-order valence-electron chi connectivity index (χ2n) is 6.91. The molecule has 0 aromatic heterocycles. The third-order valence-corrected chi connectivity index (χ3v) is 5.43. The van der Waals surface area contributed by atoms with E-state index in [-0.39, 0.29) is 10.7 Å². The van der Waals surface area contributed by atoms with Gasteiger partial charge >= 0.3 is 0 Å². The van der Waals surface area contributed by atoms with Crippen molar-refractivity contribution >= 4 is 40.7 Å². The number of nitrogens with zero attached hydrogens (tertiary/aromatic N) is 2. The third kappa shape index (κ3) is 4.11. The maximum Gasteiger partial charge on any atom is 0.283 e. The third-order valence-electron chi connectivity index (χ3n) is 4.84. The molecular formula is C24H18Cl2N2O2. The molecule has 0 bridgehead atoms. The fourth-order valence-electron chi connectivity index (χ4n) is 3.41. The standard InChI is InChI=1S/C24H18Cl2N2O2/c25-19-11-13-20(14-12-19)28-23(29)21(26)22(24(28)30)27(15-17-7-3-1-4-8-17)16-18-9-5-2-6-10-18/h1-14H,15-16H2. The predicted octanol–water partition coefficient (Wildman–Crippen LogP) is 5.37. The van der Waals surface area contributed by atoms with Crippen LogP contribution in [0.5, 0.6) is 0 Å². The van der Waals surface area contributed by atoms with Gasteiger partial charge in [-0.15, -0.1) is 0 Å². The molecule has 0 fully saturated rings. The first-order chi connectivity index (χ1) is 14.5. The Labute approximate surface area is 184 Å². The van der Waals surface area contributed by atoms with Gasteiger partial charge in [-0.3, -0.25) is 9.59 Å². The molecule has 3 aromatic rings. The first-order valence-corrected chi connectivity index (χ1v) is 10.2. The molecule has 0 aliphatic carbocycles. The summed E-state index contributed by atoms with van der Waals surface area (Å²) in [7, 11) is 0. The monoisotopic (exact) mass is 436 g/mol. The van der Waals surface area contributed by atoms with Gasteiger partial charge in [0.05, 0.1) is 5.69 Å². The van der Waals surface area contributed by atoms with Crippen LogP contribution in [0.15, 0.2) is 95.7 Å². The number of benzene rings is 3. The number of anilines is 1. The van der Waals surface area contributed by atoms with Gasteiger partial charge in [0.2, 0.25) is 0 Å². The minimum atomic E-state index is -0.537. The topological polar surface area (TPSA) is 40.6 Å². The van der Waals surface area contributed by atoms with E-state index < -0.39 is 11.8 Å². The van der Waals surface area contributed by atoms with E-state index >= 15 is 0 Å².